The van der Waals surface area contributed by atoms with Gasteiger partial charge in [0.25, 0.3) is 0 Å². The van der Waals surface area contributed by atoms with Gasteiger partial charge in [0.05, 0.1) is 6.04 Å². The number of carboxylic acid groups (broad SMARTS) is 1. The van der Waals surface area contributed by atoms with E-state index in [-0.39, 0.29) is 12.2 Å². The molecule has 18 heavy (non-hydrogen) atoms. The number of rotatable bonds is 1. The van der Waals surface area contributed by atoms with Gasteiger partial charge in [-0.1, -0.05) is 23.7 Å². The van der Waals surface area contributed by atoms with E-state index in [1.807, 2.05) is 0 Å². The summed E-state index contributed by atoms with van der Waals surface area (Å²) in [7, 11) is 0. The first-order valence-corrected chi connectivity index (χ1v) is 5.85. The second kappa shape index (κ2) is 4.82. The van der Waals surface area contributed by atoms with E-state index in [1.54, 1.807) is 31.2 Å². The van der Waals surface area contributed by atoms with Crippen LogP contribution in [0.25, 0.3) is 0 Å². The van der Waals surface area contributed by atoms with Gasteiger partial charge in [-0.3, -0.25) is 9.69 Å². The summed E-state index contributed by atoms with van der Waals surface area (Å²) in [6, 6.07) is 6.42. The lowest BCUT2D eigenvalue weighted by Crippen LogP contribution is -2.36. The molecular formula is C13H12ClNO3. The smallest absolute Gasteiger partial charge is 0.412 e. The van der Waals surface area contributed by atoms with E-state index >= 15 is 0 Å². The fourth-order valence-corrected chi connectivity index (χ4v) is 2.35. The predicted molar refractivity (Wildman–Crippen MR) is 67.4 cm³/mol. The third-order valence-electron chi connectivity index (χ3n) is 2.90. The molecule has 0 fully saturated rings. The van der Waals surface area contributed by atoms with Gasteiger partial charge in [-0.2, -0.15) is 0 Å². The number of nitrogens with zero attached hydrogens (tertiary/aromatic N) is 1. The van der Waals surface area contributed by atoms with Gasteiger partial charge in [-0.15, -0.1) is 0 Å². The van der Waals surface area contributed by atoms with Crippen LogP contribution >= 0.6 is 11.6 Å². The van der Waals surface area contributed by atoms with E-state index in [1.165, 1.54) is 11.0 Å². The quantitative estimate of drug-likeness (QED) is 0.848. The Kier molecular flexibility index (Phi) is 3.39. The van der Waals surface area contributed by atoms with E-state index in [9.17, 15) is 14.7 Å². The minimum Gasteiger partial charge on any atom is -0.465 e. The van der Waals surface area contributed by atoms with Crippen molar-refractivity contribution in [3.8, 4) is 0 Å². The van der Waals surface area contributed by atoms with E-state index in [4.69, 9.17) is 11.6 Å². The molecule has 1 aliphatic rings. The second-order valence-corrected chi connectivity index (χ2v) is 4.62. The van der Waals surface area contributed by atoms with Gasteiger partial charge in [0.2, 0.25) is 0 Å². The zero-order valence-corrected chi connectivity index (χ0v) is 10.5. The molecule has 0 aliphatic carbocycles. The molecule has 0 radical (unpaired) electrons. The lowest BCUT2D eigenvalue weighted by atomic mass is 9.96. The molecule has 1 aromatic rings. The Bertz CT molecular complexity index is 539. The highest BCUT2D eigenvalue weighted by molar-refractivity contribution is 6.30. The van der Waals surface area contributed by atoms with Crippen molar-refractivity contribution in [2.75, 3.05) is 0 Å². The standard InChI is InChI=1S/C13H12ClNO3/c1-8-5-11(16)7-12(15(8)13(17)18)9-3-2-4-10(14)6-9/h2-6,12H,7H2,1H3,(H,17,18). The Labute approximate surface area is 109 Å². The molecule has 1 amide bonds. The molecule has 94 valence electrons. The maximum absolute atomic E-state index is 11.6. The number of carbonyl (C=O) groups is 2. The van der Waals surface area contributed by atoms with Gasteiger partial charge in [0, 0.05) is 23.2 Å². The average molecular weight is 266 g/mol. The van der Waals surface area contributed by atoms with E-state index < -0.39 is 12.1 Å². The number of carbonyl (C=O) groups excluding carboxylic acids is 1. The van der Waals surface area contributed by atoms with Crippen LogP contribution in [0.4, 0.5) is 4.79 Å². The predicted octanol–water partition coefficient (Wildman–Crippen LogP) is 3.24. The number of hydrogen-bond donors (Lipinski definition) is 1. The second-order valence-electron chi connectivity index (χ2n) is 4.18. The number of ketones is 1. The molecule has 0 spiro atoms. The topological polar surface area (TPSA) is 57.6 Å². The van der Waals surface area contributed by atoms with Crippen LogP contribution in [0.3, 0.4) is 0 Å². The van der Waals surface area contributed by atoms with Gasteiger partial charge in [0.15, 0.2) is 5.78 Å². The molecule has 1 unspecified atom stereocenters. The molecule has 4 nitrogen and oxygen atoms in total. The first kappa shape index (κ1) is 12.6. The van der Waals surface area contributed by atoms with Crippen molar-refractivity contribution >= 4 is 23.5 Å². The Balaban J connectivity index is 2.44. The van der Waals surface area contributed by atoms with Crippen molar-refractivity contribution in [2.45, 2.75) is 19.4 Å². The Morgan fingerprint density at radius 3 is 2.83 bits per heavy atom. The fraction of sp³-hybridized carbons (Fsp3) is 0.231. The van der Waals surface area contributed by atoms with Crippen LogP contribution in [0.2, 0.25) is 5.02 Å². The SMILES string of the molecule is CC1=CC(=O)CC(c2cccc(Cl)c2)N1C(=O)O. The third-order valence-corrected chi connectivity index (χ3v) is 3.13. The minimum absolute atomic E-state index is 0.0741. The lowest BCUT2D eigenvalue weighted by molar-refractivity contribution is -0.116. The van der Waals surface area contributed by atoms with Crippen LogP contribution in [-0.4, -0.2) is 21.9 Å². The zero-order valence-electron chi connectivity index (χ0n) is 9.76. The summed E-state index contributed by atoms with van der Waals surface area (Å²) in [5.41, 5.74) is 1.16. The molecule has 1 atom stereocenters. The van der Waals surface area contributed by atoms with Crippen LogP contribution in [0.5, 0.6) is 0 Å². The fourth-order valence-electron chi connectivity index (χ4n) is 2.15. The molecule has 1 aliphatic heterocycles. The van der Waals surface area contributed by atoms with Gasteiger partial charge in [-0.05, 0) is 24.6 Å². The monoisotopic (exact) mass is 265 g/mol. The molecule has 1 heterocycles. The van der Waals surface area contributed by atoms with Crippen molar-refractivity contribution in [1.82, 2.24) is 4.90 Å². The first-order chi connectivity index (χ1) is 8.49. The molecule has 0 saturated heterocycles. The molecular weight excluding hydrogens is 254 g/mol. The lowest BCUT2D eigenvalue weighted by Gasteiger charge is -2.32. The minimum atomic E-state index is -1.07. The number of allylic oxidation sites excluding steroid dienone is 2. The van der Waals surface area contributed by atoms with Crippen molar-refractivity contribution < 1.29 is 14.7 Å². The van der Waals surface area contributed by atoms with Crippen molar-refractivity contribution in [1.29, 1.82) is 0 Å². The maximum Gasteiger partial charge on any atom is 0.412 e. The summed E-state index contributed by atoms with van der Waals surface area (Å²) in [5.74, 6) is -0.0741. The molecule has 1 aromatic carbocycles. The normalized spacial score (nSPS) is 19.7. The number of halogens is 1. The molecule has 0 saturated carbocycles. The number of benzene rings is 1. The Hall–Kier alpha value is -1.81. The highest BCUT2D eigenvalue weighted by Crippen LogP contribution is 2.32. The summed E-state index contributed by atoms with van der Waals surface area (Å²) >= 11 is 5.90. The van der Waals surface area contributed by atoms with Crippen molar-refractivity contribution in [3.63, 3.8) is 0 Å². The number of amides is 1. The van der Waals surface area contributed by atoms with Crippen molar-refractivity contribution in [2.24, 2.45) is 0 Å². The highest BCUT2D eigenvalue weighted by atomic mass is 35.5. The summed E-state index contributed by atoms with van der Waals surface area (Å²) in [5, 5.41) is 9.76. The highest BCUT2D eigenvalue weighted by Gasteiger charge is 2.31. The third kappa shape index (κ3) is 2.38. The summed E-state index contributed by atoms with van der Waals surface area (Å²) in [4.78, 5) is 24.1. The zero-order chi connectivity index (χ0) is 13.3. The van der Waals surface area contributed by atoms with E-state index in [0.717, 1.165) is 5.56 Å². The van der Waals surface area contributed by atoms with E-state index in [0.29, 0.717) is 10.7 Å². The van der Waals surface area contributed by atoms with Gasteiger partial charge < -0.3 is 5.11 Å². The molecule has 1 N–H and O–H groups in total. The summed E-state index contributed by atoms with van der Waals surface area (Å²) in [6.45, 7) is 1.61. The molecule has 0 bridgehead atoms. The van der Waals surface area contributed by atoms with Crippen LogP contribution in [0.1, 0.15) is 24.9 Å². The van der Waals surface area contributed by atoms with Crippen LogP contribution in [-0.2, 0) is 4.79 Å². The molecule has 0 aromatic heterocycles. The number of hydrogen-bond acceptors (Lipinski definition) is 2. The van der Waals surface area contributed by atoms with Gasteiger partial charge in [0.1, 0.15) is 0 Å². The molecule has 5 heteroatoms. The van der Waals surface area contributed by atoms with Crippen LogP contribution in [0.15, 0.2) is 36.0 Å². The average Bonchev–Trinajstić information content (AvgIpc) is 2.27. The van der Waals surface area contributed by atoms with Crippen LogP contribution in [0, 0.1) is 0 Å². The largest absolute Gasteiger partial charge is 0.465 e. The Morgan fingerprint density at radius 2 is 2.22 bits per heavy atom. The Morgan fingerprint density at radius 1 is 1.50 bits per heavy atom. The maximum atomic E-state index is 11.6. The molecule has 2 rings (SSSR count). The van der Waals surface area contributed by atoms with Gasteiger partial charge in [-0.25, -0.2) is 4.79 Å². The summed E-state index contributed by atoms with van der Waals surface area (Å²) in [6.07, 6.45) is 0.431. The van der Waals surface area contributed by atoms with E-state index in [2.05, 4.69) is 0 Å². The van der Waals surface area contributed by atoms with Crippen LogP contribution < -0.4 is 0 Å². The van der Waals surface area contributed by atoms with Gasteiger partial charge >= 0.3 is 6.09 Å². The first-order valence-electron chi connectivity index (χ1n) is 5.48. The van der Waals surface area contributed by atoms with Crippen molar-refractivity contribution in [3.05, 3.63) is 46.6 Å². The summed E-state index contributed by atoms with van der Waals surface area (Å²) < 4.78 is 0.